The molecule has 0 atom stereocenters. The van der Waals surface area contributed by atoms with Crippen LogP contribution in [0.4, 0.5) is 0 Å². The van der Waals surface area contributed by atoms with Crippen LogP contribution in [0.5, 0.6) is 0 Å². The molecule has 0 aliphatic rings. The van der Waals surface area contributed by atoms with Gasteiger partial charge in [-0.3, -0.25) is 9.59 Å². The summed E-state index contributed by atoms with van der Waals surface area (Å²) in [5, 5.41) is 9.58. The molecule has 0 heterocycles. The van der Waals surface area contributed by atoms with Gasteiger partial charge in [0, 0.05) is 6.54 Å². The van der Waals surface area contributed by atoms with Gasteiger partial charge < -0.3 is 10.4 Å². The van der Waals surface area contributed by atoms with Crippen LogP contribution in [0.1, 0.15) is 5.56 Å². The van der Waals surface area contributed by atoms with Crippen molar-refractivity contribution in [3.05, 3.63) is 48.6 Å². The summed E-state index contributed by atoms with van der Waals surface area (Å²) in [5.41, 5.74) is 1.09. The van der Waals surface area contributed by atoms with E-state index in [9.17, 15) is 4.79 Å². The molecule has 0 bridgehead atoms. The summed E-state index contributed by atoms with van der Waals surface area (Å²) >= 11 is 0. The van der Waals surface area contributed by atoms with Crippen molar-refractivity contribution >= 4 is 12.4 Å². The number of hydrogen-bond donors (Lipinski definition) is 2. The monoisotopic (exact) mass is 207 g/mol. The first-order chi connectivity index (χ1) is 7.24. The highest BCUT2D eigenvalue weighted by Gasteiger charge is 1.93. The number of carbonyl (C=O) groups is 2. The Labute approximate surface area is 88.2 Å². The highest BCUT2D eigenvalue weighted by molar-refractivity contribution is 5.86. The largest absolute Gasteiger partial charge is 0.483 e. The minimum absolute atomic E-state index is 0.140. The van der Waals surface area contributed by atoms with Crippen molar-refractivity contribution in [3.8, 4) is 0 Å². The van der Waals surface area contributed by atoms with Crippen LogP contribution in [-0.2, 0) is 16.1 Å². The van der Waals surface area contributed by atoms with Crippen LogP contribution < -0.4 is 5.32 Å². The van der Waals surface area contributed by atoms with Crippen LogP contribution in [0.2, 0.25) is 0 Å². The zero-order chi connectivity index (χ0) is 11.5. The lowest BCUT2D eigenvalue weighted by molar-refractivity contribution is -0.123. The van der Waals surface area contributed by atoms with E-state index < -0.39 is 0 Å². The molecule has 1 aromatic rings. The fourth-order valence-corrected chi connectivity index (χ4v) is 0.857. The number of hydrogen-bond acceptors (Lipinski definition) is 2. The van der Waals surface area contributed by atoms with E-state index in [1.165, 1.54) is 6.08 Å². The standard InChI is InChI=1S/C10H11NO.CH2O2/c1-2-10(12)11-8-9-6-4-3-5-7-9;2-1-3/h2-7H,1,8H2,(H,11,12);1H,(H,2,3). The van der Waals surface area contributed by atoms with E-state index in [2.05, 4.69) is 11.9 Å². The van der Waals surface area contributed by atoms with Gasteiger partial charge in [0.25, 0.3) is 6.47 Å². The second-order valence-corrected chi connectivity index (χ2v) is 2.51. The lowest BCUT2D eigenvalue weighted by Gasteiger charge is -2.00. The summed E-state index contributed by atoms with van der Waals surface area (Å²) in [6.07, 6.45) is 1.27. The van der Waals surface area contributed by atoms with Crippen molar-refractivity contribution < 1.29 is 14.7 Å². The summed E-state index contributed by atoms with van der Waals surface area (Å²) < 4.78 is 0. The average Bonchev–Trinajstić information content (AvgIpc) is 2.28. The van der Waals surface area contributed by atoms with E-state index in [0.29, 0.717) is 6.54 Å². The minimum atomic E-state index is -0.250. The van der Waals surface area contributed by atoms with E-state index in [1.807, 2.05) is 30.3 Å². The Hall–Kier alpha value is -2.10. The molecule has 0 spiro atoms. The van der Waals surface area contributed by atoms with Gasteiger partial charge in [0.1, 0.15) is 0 Å². The maximum absolute atomic E-state index is 10.8. The maximum Gasteiger partial charge on any atom is 0.290 e. The SMILES string of the molecule is C=CC(=O)NCc1ccccc1.O=CO. The molecule has 0 saturated heterocycles. The number of nitrogens with one attached hydrogen (secondary N) is 1. The summed E-state index contributed by atoms with van der Waals surface area (Å²) in [4.78, 5) is 19.1. The normalized spacial score (nSPS) is 8.00. The Balaban J connectivity index is 0.000000583. The molecule has 4 nitrogen and oxygen atoms in total. The van der Waals surface area contributed by atoms with Gasteiger partial charge in [0.05, 0.1) is 0 Å². The topological polar surface area (TPSA) is 66.4 Å². The lowest BCUT2D eigenvalue weighted by atomic mass is 10.2. The molecule has 4 heteroatoms. The molecule has 0 aliphatic heterocycles. The number of rotatable bonds is 3. The van der Waals surface area contributed by atoms with Gasteiger partial charge in [-0.1, -0.05) is 36.9 Å². The van der Waals surface area contributed by atoms with Crippen molar-refractivity contribution in [1.29, 1.82) is 0 Å². The maximum atomic E-state index is 10.8. The highest BCUT2D eigenvalue weighted by Crippen LogP contribution is 1.96. The Bertz CT molecular complexity index is 309. The van der Waals surface area contributed by atoms with E-state index in [-0.39, 0.29) is 12.4 Å². The molecule has 0 unspecified atom stereocenters. The zero-order valence-electron chi connectivity index (χ0n) is 8.22. The van der Waals surface area contributed by atoms with E-state index in [4.69, 9.17) is 9.90 Å². The fourth-order valence-electron chi connectivity index (χ4n) is 0.857. The van der Waals surface area contributed by atoms with Crippen molar-refractivity contribution in [2.75, 3.05) is 0 Å². The Morgan fingerprint density at radius 2 is 1.93 bits per heavy atom. The van der Waals surface area contributed by atoms with Crippen LogP contribution in [0.25, 0.3) is 0 Å². The van der Waals surface area contributed by atoms with Crippen LogP contribution >= 0.6 is 0 Å². The first-order valence-corrected chi connectivity index (χ1v) is 4.26. The van der Waals surface area contributed by atoms with Gasteiger partial charge >= 0.3 is 0 Å². The van der Waals surface area contributed by atoms with Gasteiger partial charge in [-0.15, -0.1) is 0 Å². The van der Waals surface area contributed by atoms with Gasteiger partial charge in [-0.2, -0.15) is 0 Å². The molecule has 1 rings (SSSR count). The second kappa shape index (κ2) is 8.50. The second-order valence-electron chi connectivity index (χ2n) is 2.51. The van der Waals surface area contributed by atoms with Crippen LogP contribution in [0, 0.1) is 0 Å². The molecule has 15 heavy (non-hydrogen) atoms. The Morgan fingerprint density at radius 1 is 1.40 bits per heavy atom. The van der Waals surface area contributed by atoms with Gasteiger partial charge in [0.2, 0.25) is 5.91 Å². The number of carbonyl (C=O) groups excluding carboxylic acids is 1. The van der Waals surface area contributed by atoms with E-state index in [1.54, 1.807) is 0 Å². The third-order valence-corrected chi connectivity index (χ3v) is 1.49. The van der Waals surface area contributed by atoms with E-state index >= 15 is 0 Å². The third kappa shape index (κ3) is 7.01. The van der Waals surface area contributed by atoms with Crippen LogP contribution in [-0.4, -0.2) is 17.5 Å². The quantitative estimate of drug-likeness (QED) is 0.578. The Kier molecular flexibility index (Phi) is 7.31. The predicted octanol–water partition coefficient (Wildman–Crippen LogP) is 1.19. The summed E-state index contributed by atoms with van der Waals surface area (Å²) in [5.74, 6) is -0.140. The molecule has 0 radical (unpaired) electrons. The summed E-state index contributed by atoms with van der Waals surface area (Å²) in [6.45, 7) is 3.67. The first-order valence-electron chi connectivity index (χ1n) is 4.26. The van der Waals surface area contributed by atoms with Crippen molar-refractivity contribution in [2.45, 2.75) is 6.54 Å². The molecule has 1 aromatic carbocycles. The molecular weight excluding hydrogens is 194 g/mol. The number of benzene rings is 1. The summed E-state index contributed by atoms with van der Waals surface area (Å²) in [7, 11) is 0. The minimum Gasteiger partial charge on any atom is -0.483 e. The van der Waals surface area contributed by atoms with Crippen molar-refractivity contribution in [3.63, 3.8) is 0 Å². The molecule has 0 aromatic heterocycles. The van der Waals surface area contributed by atoms with Gasteiger partial charge in [-0.25, -0.2) is 0 Å². The van der Waals surface area contributed by atoms with Gasteiger partial charge in [-0.05, 0) is 11.6 Å². The van der Waals surface area contributed by atoms with Crippen molar-refractivity contribution in [2.24, 2.45) is 0 Å². The zero-order valence-corrected chi connectivity index (χ0v) is 8.22. The summed E-state index contributed by atoms with van der Waals surface area (Å²) in [6, 6.07) is 9.75. The number of carboxylic acid groups (broad SMARTS) is 1. The van der Waals surface area contributed by atoms with Crippen molar-refractivity contribution in [1.82, 2.24) is 5.32 Å². The van der Waals surface area contributed by atoms with Crippen LogP contribution in [0.3, 0.4) is 0 Å². The third-order valence-electron chi connectivity index (χ3n) is 1.49. The van der Waals surface area contributed by atoms with Gasteiger partial charge in [0.15, 0.2) is 0 Å². The fraction of sp³-hybridized carbons (Fsp3) is 0.0909. The molecule has 0 aliphatic carbocycles. The Morgan fingerprint density at radius 3 is 2.40 bits per heavy atom. The molecule has 1 amide bonds. The highest BCUT2D eigenvalue weighted by atomic mass is 16.3. The molecule has 0 fully saturated rings. The molecular formula is C11H13NO3. The average molecular weight is 207 g/mol. The molecule has 2 N–H and O–H groups in total. The van der Waals surface area contributed by atoms with E-state index in [0.717, 1.165) is 5.56 Å². The smallest absolute Gasteiger partial charge is 0.290 e. The molecule has 0 saturated carbocycles. The van der Waals surface area contributed by atoms with Crippen LogP contribution in [0.15, 0.2) is 43.0 Å². The first kappa shape index (κ1) is 12.9. The predicted molar refractivity (Wildman–Crippen MR) is 57.2 cm³/mol. The number of amides is 1. The lowest BCUT2D eigenvalue weighted by Crippen LogP contribution is -2.19. The molecule has 80 valence electrons.